The Kier molecular flexibility index (Phi) is 3.35. The monoisotopic (exact) mass is 239 g/mol. The van der Waals surface area contributed by atoms with Crippen molar-refractivity contribution in [1.29, 1.82) is 0 Å². The van der Waals surface area contributed by atoms with Gasteiger partial charge in [-0.2, -0.15) is 4.98 Å². The van der Waals surface area contributed by atoms with E-state index in [1.54, 1.807) is 13.8 Å². The fourth-order valence-corrected chi connectivity index (χ4v) is 2.04. The van der Waals surface area contributed by atoms with Gasteiger partial charge in [0.25, 0.3) is 0 Å². The normalized spacial score (nSPS) is 18.7. The van der Waals surface area contributed by atoms with Crippen LogP contribution in [0, 0.1) is 0 Å². The van der Waals surface area contributed by atoms with E-state index in [9.17, 15) is 5.11 Å². The van der Waals surface area contributed by atoms with Crippen LogP contribution in [0.4, 0.5) is 5.95 Å². The van der Waals surface area contributed by atoms with Crippen molar-refractivity contribution in [3.8, 4) is 0 Å². The van der Waals surface area contributed by atoms with Crippen molar-refractivity contribution in [2.24, 2.45) is 0 Å². The molecule has 1 aromatic heterocycles. The summed E-state index contributed by atoms with van der Waals surface area (Å²) < 4.78 is 0. The van der Waals surface area contributed by atoms with Crippen LogP contribution in [0.2, 0.25) is 0 Å². The molecule has 3 N–H and O–H groups in total. The summed E-state index contributed by atoms with van der Waals surface area (Å²) in [6.45, 7) is 5.30. The van der Waals surface area contributed by atoms with Crippen molar-refractivity contribution in [3.63, 3.8) is 0 Å². The number of hydrogen-bond donors (Lipinski definition) is 3. The third-order valence-corrected chi connectivity index (χ3v) is 3.24. The van der Waals surface area contributed by atoms with Gasteiger partial charge in [-0.25, -0.2) is 0 Å². The van der Waals surface area contributed by atoms with Gasteiger partial charge in [-0.15, -0.1) is 5.10 Å². The number of nitrogens with one attached hydrogen (secondary N) is 2. The highest BCUT2D eigenvalue weighted by Crippen LogP contribution is 2.20. The first kappa shape index (κ1) is 12.3. The Morgan fingerprint density at radius 1 is 1.41 bits per heavy atom. The zero-order valence-corrected chi connectivity index (χ0v) is 10.7. The summed E-state index contributed by atoms with van der Waals surface area (Å²) >= 11 is 0. The van der Waals surface area contributed by atoms with Crippen LogP contribution in [-0.4, -0.2) is 46.5 Å². The number of hydrogen-bond acceptors (Lipinski definition) is 5. The quantitative estimate of drug-likeness (QED) is 0.703. The van der Waals surface area contributed by atoms with E-state index in [0.29, 0.717) is 17.8 Å². The zero-order valence-electron chi connectivity index (χ0n) is 10.7. The van der Waals surface area contributed by atoms with Gasteiger partial charge in [-0.05, 0) is 33.7 Å². The Balaban J connectivity index is 2.02. The van der Waals surface area contributed by atoms with Crippen molar-refractivity contribution in [3.05, 3.63) is 5.82 Å². The summed E-state index contributed by atoms with van der Waals surface area (Å²) in [6, 6.07) is 0.596. The molecule has 0 saturated carbocycles. The molecule has 1 aliphatic rings. The van der Waals surface area contributed by atoms with Gasteiger partial charge in [0, 0.05) is 19.1 Å². The van der Waals surface area contributed by atoms with Crippen molar-refractivity contribution in [1.82, 2.24) is 20.5 Å². The summed E-state index contributed by atoms with van der Waals surface area (Å²) in [5, 5.41) is 20.1. The minimum absolute atomic E-state index is 0.517. The zero-order chi connectivity index (χ0) is 12.5. The fraction of sp³-hybridized carbons (Fsp3) is 0.818. The van der Waals surface area contributed by atoms with Gasteiger partial charge in [0.1, 0.15) is 5.60 Å². The summed E-state index contributed by atoms with van der Waals surface area (Å²) in [5.74, 6) is 1.21. The number of nitrogens with zero attached hydrogens (tertiary/aromatic N) is 3. The third-order valence-electron chi connectivity index (χ3n) is 3.24. The first-order chi connectivity index (χ1) is 8.00. The maximum absolute atomic E-state index is 9.82. The van der Waals surface area contributed by atoms with Gasteiger partial charge in [-0.3, -0.25) is 5.10 Å². The maximum atomic E-state index is 9.82. The molecule has 0 aromatic carbocycles. The summed E-state index contributed by atoms with van der Waals surface area (Å²) in [6.07, 6.45) is 2.20. The molecule has 0 atom stereocenters. The summed E-state index contributed by atoms with van der Waals surface area (Å²) in [7, 11) is 2.00. The van der Waals surface area contributed by atoms with E-state index in [-0.39, 0.29) is 0 Å². The van der Waals surface area contributed by atoms with E-state index in [2.05, 4.69) is 25.4 Å². The van der Waals surface area contributed by atoms with Crippen LogP contribution in [0.3, 0.4) is 0 Å². The number of anilines is 1. The minimum atomic E-state index is -0.964. The van der Waals surface area contributed by atoms with E-state index in [1.807, 2.05) is 7.05 Å². The standard InChI is InChI=1S/C11H21N5O/c1-11(2,17)9-13-10(15-14-9)16-6-4-8(12-3)5-7-16/h8,12,17H,4-7H2,1-3H3,(H,13,14,15). The molecule has 2 heterocycles. The van der Waals surface area contributed by atoms with Gasteiger partial charge in [0.2, 0.25) is 5.95 Å². The first-order valence-electron chi connectivity index (χ1n) is 6.08. The molecule has 1 aromatic rings. The summed E-state index contributed by atoms with van der Waals surface area (Å²) in [5.41, 5.74) is -0.964. The average molecular weight is 239 g/mol. The lowest BCUT2D eigenvalue weighted by atomic mass is 10.1. The van der Waals surface area contributed by atoms with Crippen LogP contribution in [0.5, 0.6) is 0 Å². The topological polar surface area (TPSA) is 77.1 Å². The lowest BCUT2D eigenvalue weighted by Crippen LogP contribution is -2.41. The van der Waals surface area contributed by atoms with E-state index in [0.717, 1.165) is 25.9 Å². The van der Waals surface area contributed by atoms with Gasteiger partial charge in [-0.1, -0.05) is 0 Å². The maximum Gasteiger partial charge on any atom is 0.244 e. The fourth-order valence-electron chi connectivity index (χ4n) is 2.04. The number of H-pyrrole nitrogens is 1. The molecule has 6 heteroatoms. The SMILES string of the molecule is CNC1CCN(c2n[nH]c(C(C)(C)O)n2)CC1. The highest BCUT2D eigenvalue weighted by atomic mass is 16.3. The van der Waals surface area contributed by atoms with Crippen molar-refractivity contribution >= 4 is 5.95 Å². The Labute approximate surface area is 101 Å². The number of aromatic nitrogens is 3. The van der Waals surface area contributed by atoms with Crippen LogP contribution < -0.4 is 10.2 Å². The highest BCUT2D eigenvalue weighted by molar-refractivity contribution is 5.30. The smallest absolute Gasteiger partial charge is 0.244 e. The third kappa shape index (κ3) is 2.76. The molecule has 6 nitrogen and oxygen atoms in total. The number of aromatic amines is 1. The highest BCUT2D eigenvalue weighted by Gasteiger charge is 2.25. The van der Waals surface area contributed by atoms with E-state index >= 15 is 0 Å². The van der Waals surface area contributed by atoms with E-state index in [1.165, 1.54) is 0 Å². The molecule has 1 fully saturated rings. The average Bonchev–Trinajstić information content (AvgIpc) is 2.78. The van der Waals surface area contributed by atoms with Crippen LogP contribution in [0.1, 0.15) is 32.5 Å². The first-order valence-corrected chi connectivity index (χ1v) is 6.08. The molecule has 0 spiro atoms. The van der Waals surface area contributed by atoms with Crippen molar-refractivity contribution in [2.45, 2.75) is 38.3 Å². The van der Waals surface area contributed by atoms with Crippen LogP contribution in [0.25, 0.3) is 0 Å². The molecule has 1 saturated heterocycles. The van der Waals surface area contributed by atoms with E-state index < -0.39 is 5.60 Å². The number of rotatable bonds is 3. The molecular formula is C11H21N5O. The lowest BCUT2D eigenvalue weighted by Gasteiger charge is -2.30. The second kappa shape index (κ2) is 4.62. The van der Waals surface area contributed by atoms with Gasteiger partial charge in [0.05, 0.1) is 0 Å². The van der Waals surface area contributed by atoms with Crippen molar-refractivity contribution < 1.29 is 5.11 Å². The van der Waals surface area contributed by atoms with Crippen LogP contribution >= 0.6 is 0 Å². The molecule has 0 bridgehead atoms. The Morgan fingerprint density at radius 3 is 2.53 bits per heavy atom. The predicted molar refractivity (Wildman–Crippen MR) is 65.9 cm³/mol. The summed E-state index contributed by atoms with van der Waals surface area (Å²) in [4.78, 5) is 6.50. The Hall–Kier alpha value is -1.14. The second-order valence-electron chi connectivity index (χ2n) is 5.09. The molecule has 0 aliphatic carbocycles. The molecule has 1 aliphatic heterocycles. The second-order valence-corrected chi connectivity index (χ2v) is 5.09. The van der Waals surface area contributed by atoms with Crippen LogP contribution in [0.15, 0.2) is 0 Å². The number of aliphatic hydroxyl groups is 1. The largest absolute Gasteiger partial charge is 0.382 e. The predicted octanol–water partition coefficient (Wildman–Crippen LogP) is 0.220. The molecule has 0 unspecified atom stereocenters. The van der Waals surface area contributed by atoms with E-state index in [4.69, 9.17) is 0 Å². The molecule has 96 valence electrons. The molecule has 17 heavy (non-hydrogen) atoms. The number of piperidine rings is 1. The Morgan fingerprint density at radius 2 is 2.06 bits per heavy atom. The molecule has 0 amide bonds. The van der Waals surface area contributed by atoms with Gasteiger partial charge in [0.15, 0.2) is 5.82 Å². The lowest BCUT2D eigenvalue weighted by molar-refractivity contribution is 0.0691. The van der Waals surface area contributed by atoms with Crippen LogP contribution in [-0.2, 0) is 5.60 Å². The Bertz CT molecular complexity index is 362. The minimum Gasteiger partial charge on any atom is -0.382 e. The molecule has 0 radical (unpaired) electrons. The molecule has 2 rings (SSSR count). The van der Waals surface area contributed by atoms with Gasteiger partial charge >= 0.3 is 0 Å². The molecular weight excluding hydrogens is 218 g/mol. The van der Waals surface area contributed by atoms with Gasteiger partial charge < -0.3 is 15.3 Å². The van der Waals surface area contributed by atoms with Crippen molar-refractivity contribution in [2.75, 3.05) is 25.0 Å².